The number of fused-ring (bicyclic) bond motifs is 4. The molecule has 692 valence electrons. The number of cyclic esters (lactones) is 2. The van der Waals surface area contributed by atoms with Crippen LogP contribution < -0.4 is 36.6 Å². The van der Waals surface area contributed by atoms with Gasteiger partial charge in [-0.3, -0.25) is 52.7 Å². The van der Waals surface area contributed by atoms with E-state index in [4.69, 9.17) is 26.0 Å². The van der Waals surface area contributed by atoms with Crippen molar-refractivity contribution in [3.63, 3.8) is 0 Å². The molecular formula is C93H103F4N21O13S. The third kappa shape index (κ3) is 21.8. The minimum atomic E-state index is -3.31. The molecule has 8 amide bonds. The Morgan fingerprint density at radius 2 is 0.765 bits per heavy atom. The number of hydrogen-bond donors (Lipinski definition) is 6. The van der Waals surface area contributed by atoms with Crippen molar-refractivity contribution in [2.24, 2.45) is 11.5 Å². The predicted molar refractivity (Wildman–Crippen MR) is 486 cm³/mol. The number of halogens is 4. The number of aliphatic hydroxyl groups is 1. The first-order valence-corrected chi connectivity index (χ1v) is 45.4. The van der Waals surface area contributed by atoms with Crippen molar-refractivity contribution in [3.05, 3.63) is 217 Å². The highest BCUT2D eigenvalue weighted by Gasteiger charge is 2.39. The SMILES string of the molecule is CC1(F)CCN(C(=O)c2cnc3c(ccn3-c3ccc(N4C[C@@H](CN)OC4=O)nc3)c2)CC1.CC1(F)CCN(C(=O)c2cnc3c(ccn3-c3cccc(C(=O)NCCNS(C)(=O)=O)c3)c2)CC1.CC1(F)CCN(C(=O)c2cnc3c(ccn3-c3cccc(C(=O)NCCO)c3)c2)CC1.CC1(F)CCN(C(=O)c2cnc3c(ccn3-c3cncc(N4C[C@@H](CN)OC4=O)c3)c2)CC1. The number of hydrogen-bond acceptors (Lipinski definition) is 21. The molecule has 18 rings (SSSR count). The summed E-state index contributed by atoms with van der Waals surface area (Å²) in [7, 11) is -3.31. The molecule has 132 heavy (non-hydrogen) atoms. The number of nitrogens with zero attached hydrogens (tertiary/aromatic N) is 16. The van der Waals surface area contributed by atoms with Crippen LogP contribution in [0.3, 0.4) is 0 Å². The average Bonchev–Trinajstić information content (AvgIpc) is 1.64. The third-order valence-corrected chi connectivity index (χ3v) is 25.0. The van der Waals surface area contributed by atoms with E-state index in [-0.39, 0.29) is 87.0 Å². The molecule has 6 fully saturated rings. The molecule has 8 N–H and O–H groups in total. The van der Waals surface area contributed by atoms with Gasteiger partial charge in [0.15, 0.2) is 0 Å². The maximum atomic E-state index is 14.1. The molecule has 12 aromatic rings. The van der Waals surface area contributed by atoms with Gasteiger partial charge in [0.1, 0.15) is 63.3 Å². The second-order valence-corrected chi connectivity index (χ2v) is 36.4. The number of likely N-dealkylation sites (tertiary alicyclic amines) is 4. The molecule has 6 aliphatic rings. The Morgan fingerprint density at radius 3 is 1.11 bits per heavy atom. The summed E-state index contributed by atoms with van der Waals surface area (Å²) in [6.45, 7) is 11.0. The van der Waals surface area contributed by atoms with E-state index in [1.165, 1.54) is 16.0 Å². The zero-order chi connectivity index (χ0) is 93.6. The maximum Gasteiger partial charge on any atom is 0.415 e. The summed E-state index contributed by atoms with van der Waals surface area (Å²) in [5.74, 6) is -0.676. The van der Waals surface area contributed by atoms with Gasteiger partial charge >= 0.3 is 12.2 Å². The first-order valence-electron chi connectivity index (χ1n) is 43.5. The van der Waals surface area contributed by atoms with E-state index >= 15 is 0 Å². The number of nitrogens with one attached hydrogen (secondary N) is 3. The summed E-state index contributed by atoms with van der Waals surface area (Å²) in [6.07, 6.45) is 20.6. The van der Waals surface area contributed by atoms with Crippen LogP contribution in [0, 0.1) is 0 Å². The number of piperidine rings is 4. The van der Waals surface area contributed by atoms with Gasteiger partial charge in [-0.2, -0.15) is 0 Å². The summed E-state index contributed by atoms with van der Waals surface area (Å²) in [4.78, 5) is 137. The fourth-order valence-corrected chi connectivity index (χ4v) is 16.7. The Bertz CT molecular complexity index is 6420. The van der Waals surface area contributed by atoms with Crippen LogP contribution in [0.5, 0.6) is 0 Å². The lowest BCUT2D eigenvalue weighted by molar-refractivity contribution is 0.0493. The van der Waals surface area contributed by atoms with Crippen LogP contribution in [0.25, 0.3) is 66.9 Å². The molecular weight excluding hydrogens is 1730 g/mol. The van der Waals surface area contributed by atoms with Crippen LogP contribution >= 0.6 is 0 Å². The summed E-state index contributed by atoms with van der Waals surface area (Å²) < 4.78 is 98.6. The molecule has 10 aromatic heterocycles. The van der Waals surface area contributed by atoms with E-state index in [9.17, 15) is 64.3 Å². The third-order valence-electron chi connectivity index (χ3n) is 24.3. The van der Waals surface area contributed by atoms with E-state index in [1.54, 1.807) is 151 Å². The minimum absolute atomic E-state index is 0.0992. The smallest absolute Gasteiger partial charge is 0.415 e. The van der Waals surface area contributed by atoms with Gasteiger partial charge in [0.05, 0.1) is 83.9 Å². The van der Waals surface area contributed by atoms with Crippen LogP contribution in [0.4, 0.5) is 38.7 Å². The monoisotopic (exact) mass is 1830 g/mol. The van der Waals surface area contributed by atoms with E-state index in [2.05, 4.69) is 45.3 Å². The first-order chi connectivity index (χ1) is 63.1. The normalized spacial score (nSPS) is 18.1. The van der Waals surface area contributed by atoms with Crippen molar-refractivity contribution in [2.75, 3.05) is 121 Å². The van der Waals surface area contributed by atoms with Gasteiger partial charge < -0.3 is 65.4 Å². The molecule has 0 bridgehead atoms. The fourth-order valence-electron chi connectivity index (χ4n) is 16.3. The number of aliphatic hydroxyl groups excluding tert-OH is 1. The first kappa shape index (κ1) is 93.1. The lowest BCUT2D eigenvalue weighted by atomic mass is 9.95. The second-order valence-electron chi connectivity index (χ2n) is 34.6. The Balaban J connectivity index is 0.000000135. The average molecular weight is 1830 g/mol. The molecule has 0 radical (unpaired) electrons. The predicted octanol–water partition coefficient (Wildman–Crippen LogP) is 10.3. The molecule has 16 heterocycles. The van der Waals surface area contributed by atoms with Crippen molar-refractivity contribution in [2.45, 2.75) is 114 Å². The van der Waals surface area contributed by atoms with Crippen molar-refractivity contribution in [3.8, 4) is 22.7 Å². The number of anilines is 2. The van der Waals surface area contributed by atoms with Gasteiger partial charge in [0.25, 0.3) is 35.4 Å². The van der Waals surface area contributed by atoms with Crippen LogP contribution in [0.15, 0.2) is 183 Å². The molecule has 0 aliphatic carbocycles. The lowest BCUT2D eigenvalue weighted by Crippen LogP contribution is -2.43. The number of carbonyl (C=O) groups is 8. The zero-order valence-electron chi connectivity index (χ0n) is 73.5. The quantitative estimate of drug-likeness (QED) is 0.0305. The number of carbonyl (C=O) groups excluding carboxylic acids is 8. The lowest BCUT2D eigenvalue weighted by Gasteiger charge is -2.34. The van der Waals surface area contributed by atoms with Gasteiger partial charge in [-0.15, -0.1) is 0 Å². The molecule has 0 spiro atoms. The highest BCUT2D eigenvalue weighted by molar-refractivity contribution is 7.88. The summed E-state index contributed by atoms with van der Waals surface area (Å²) in [6, 6.07) is 34.1. The van der Waals surface area contributed by atoms with Gasteiger partial charge in [-0.25, -0.2) is 65.2 Å². The number of rotatable bonds is 20. The number of alkyl halides is 4. The second kappa shape index (κ2) is 39.2. The zero-order valence-corrected chi connectivity index (χ0v) is 74.3. The van der Waals surface area contributed by atoms with Crippen LogP contribution in [-0.4, -0.2) is 275 Å². The van der Waals surface area contributed by atoms with E-state index in [0.29, 0.717) is 190 Å². The molecule has 39 heteroatoms. The molecule has 6 saturated heterocycles. The minimum Gasteiger partial charge on any atom is -0.443 e. The van der Waals surface area contributed by atoms with E-state index < -0.39 is 44.9 Å². The molecule has 0 saturated carbocycles. The Hall–Kier alpha value is -13.6. The van der Waals surface area contributed by atoms with E-state index in [0.717, 1.165) is 44.9 Å². The number of pyridine rings is 6. The largest absolute Gasteiger partial charge is 0.443 e. The molecule has 0 unspecified atom stereocenters. The number of ether oxygens (including phenoxy) is 2. The van der Waals surface area contributed by atoms with Crippen molar-refractivity contribution in [1.82, 2.24) is 83.1 Å². The molecule has 6 aliphatic heterocycles. The molecule has 2 aromatic carbocycles. The number of benzene rings is 2. The number of amides is 8. The summed E-state index contributed by atoms with van der Waals surface area (Å²) in [5, 5.41) is 17.4. The van der Waals surface area contributed by atoms with Crippen LogP contribution in [-0.2, 0) is 19.5 Å². The Labute approximate surface area is 757 Å². The van der Waals surface area contributed by atoms with Gasteiger partial charge in [-0.1, -0.05) is 12.1 Å². The maximum absolute atomic E-state index is 14.1. The number of sulfonamides is 1. The number of aromatic nitrogens is 10. The van der Waals surface area contributed by atoms with Crippen LogP contribution in [0.2, 0.25) is 0 Å². The topological polar surface area (TPSA) is 414 Å². The summed E-state index contributed by atoms with van der Waals surface area (Å²) >= 11 is 0. The Kier molecular flexibility index (Phi) is 27.6. The number of nitrogens with two attached hydrogens (primary N) is 2. The van der Waals surface area contributed by atoms with Gasteiger partial charge in [0, 0.05) is 179 Å². The molecule has 34 nitrogen and oxygen atoms in total. The fraction of sp³-hybridized carbons (Fsp3) is 0.376. The van der Waals surface area contributed by atoms with Crippen molar-refractivity contribution >= 4 is 113 Å². The standard InChI is InChI=1S/C24H28FN5O4S.2C23H25FN6O3.C23H25FN4O3/c1-24(25)7-12-29(13-8-24)23(32)19-14-17-6-11-30(21(17)27-16-19)20-5-3-4-18(15-20)22(31)26-9-10-28-35(2,33)34;1-23(24)3-6-28(7-4-23)21(31)16-8-15-2-5-29(20(15)27-11-16)17-9-18(13-26-12-17)30-14-19(10-25)33-22(30)32;1-23(24)5-8-28(9-6-23)21(31)16-10-15-4-7-29(20(15)27-12-16)17-2-3-19(26-13-17)30-14-18(11-25)33-22(30)32;1-23(24)6-10-27(11-7-23)22(31)18-13-16-5-9-28(20(16)26-15-18)19-4-2-3-17(14-19)21(30)25-8-12-29/h3-6,11,14-16,28H,7-10,12-13H2,1-2H3,(H,26,31);2,5,8-9,11-13,19H,3-4,6-7,10,14,25H2,1H3;2-4,7,10,12-13,18H,5-6,8-9,11,14,25H2,1H3;2-5,9,13-15,29H,6-8,10-12H2,1H3,(H,25,30)/t;19-;18-;/m.11./s1. The highest BCUT2D eigenvalue weighted by atomic mass is 32.2. The highest BCUT2D eigenvalue weighted by Crippen LogP contribution is 2.35. The summed E-state index contributed by atoms with van der Waals surface area (Å²) in [5.41, 5.74) is 15.3. The molecule has 2 atom stereocenters. The van der Waals surface area contributed by atoms with Crippen molar-refractivity contribution in [1.29, 1.82) is 0 Å². The van der Waals surface area contributed by atoms with E-state index in [1.807, 2.05) is 91.6 Å². The van der Waals surface area contributed by atoms with Gasteiger partial charge in [-0.05, 0) is 182 Å². The van der Waals surface area contributed by atoms with Gasteiger partial charge in [0.2, 0.25) is 10.0 Å². The Morgan fingerprint density at radius 1 is 0.417 bits per heavy atom. The van der Waals surface area contributed by atoms with Crippen molar-refractivity contribution < 1.29 is 78.9 Å². The van der Waals surface area contributed by atoms with Crippen LogP contribution in [0.1, 0.15) is 141 Å².